The minimum absolute atomic E-state index is 0.0599. The lowest BCUT2D eigenvalue weighted by atomic mass is 9.93. The van der Waals surface area contributed by atoms with E-state index in [1.165, 1.54) is 7.11 Å². The van der Waals surface area contributed by atoms with Crippen LogP contribution in [-0.4, -0.2) is 43.5 Å². The van der Waals surface area contributed by atoms with Crippen LogP contribution in [0.2, 0.25) is 0 Å². The molecule has 1 unspecified atom stereocenters. The molecule has 0 spiro atoms. The van der Waals surface area contributed by atoms with Gasteiger partial charge in [0.1, 0.15) is 0 Å². The fourth-order valence-corrected chi connectivity index (χ4v) is 1.79. The molecule has 3 N–H and O–H groups in total. The number of methoxy groups -OCH3 is 1. The molecule has 1 saturated carbocycles. The average molecular weight is 217 g/mol. The number of carbonyl (C=O) groups is 1. The average Bonchev–Trinajstić information content (AvgIpc) is 3.08. The van der Waals surface area contributed by atoms with Crippen molar-refractivity contribution in [2.45, 2.75) is 24.9 Å². The van der Waals surface area contributed by atoms with Gasteiger partial charge in [0.15, 0.2) is 0 Å². The second-order valence-corrected chi connectivity index (χ2v) is 3.87. The predicted molar refractivity (Wildman–Crippen MR) is 54.2 cm³/mol. The number of aliphatic hydroxyl groups excluding tert-OH is 1. The number of hydrogen-bond donors (Lipinski definition) is 2. The van der Waals surface area contributed by atoms with E-state index < -0.39 is 5.60 Å². The minimum Gasteiger partial charge on any atom is -0.469 e. The maximum atomic E-state index is 11.3. The van der Waals surface area contributed by atoms with E-state index in [0.29, 0.717) is 5.92 Å². The van der Waals surface area contributed by atoms with E-state index in [1.54, 1.807) is 0 Å². The number of ether oxygens (including phenoxy) is 2. The van der Waals surface area contributed by atoms with Gasteiger partial charge in [-0.1, -0.05) is 0 Å². The summed E-state index contributed by atoms with van der Waals surface area (Å²) in [4.78, 5) is 11.3. The highest BCUT2D eigenvalue weighted by atomic mass is 16.5. The third-order valence-electron chi connectivity index (χ3n) is 2.82. The summed E-state index contributed by atoms with van der Waals surface area (Å²) in [6, 6.07) is 0. The molecule has 0 saturated heterocycles. The summed E-state index contributed by atoms with van der Waals surface area (Å²) in [7, 11) is 1.35. The third-order valence-corrected chi connectivity index (χ3v) is 2.82. The van der Waals surface area contributed by atoms with Gasteiger partial charge in [-0.3, -0.25) is 4.79 Å². The zero-order valence-corrected chi connectivity index (χ0v) is 9.07. The van der Waals surface area contributed by atoms with E-state index >= 15 is 0 Å². The Morgan fingerprint density at radius 1 is 1.60 bits per heavy atom. The number of aliphatic hydroxyl groups is 1. The maximum absolute atomic E-state index is 11.3. The van der Waals surface area contributed by atoms with Crippen LogP contribution in [0.1, 0.15) is 19.3 Å². The van der Waals surface area contributed by atoms with Crippen molar-refractivity contribution in [3.63, 3.8) is 0 Å². The van der Waals surface area contributed by atoms with Crippen molar-refractivity contribution in [2.24, 2.45) is 11.7 Å². The minimum atomic E-state index is -0.629. The van der Waals surface area contributed by atoms with Crippen LogP contribution < -0.4 is 5.73 Å². The molecule has 0 aromatic rings. The second kappa shape index (κ2) is 5.44. The molecule has 0 aromatic carbocycles. The molecule has 1 aliphatic rings. The van der Waals surface area contributed by atoms with Gasteiger partial charge in [0.2, 0.25) is 0 Å². The van der Waals surface area contributed by atoms with E-state index in [2.05, 4.69) is 4.74 Å². The highest BCUT2D eigenvalue weighted by Crippen LogP contribution is 2.43. The van der Waals surface area contributed by atoms with Crippen molar-refractivity contribution in [3.05, 3.63) is 0 Å². The molecule has 88 valence electrons. The highest BCUT2D eigenvalue weighted by molar-refractivity contribution is 5.70. The first-order valence-electron chi connectivity index (χ1n) is 5.20. The summed E-state index contributed by atoms with van der Waals surface area (Å²) < 4.78 is 10.2. The number of nitrogens with two attached hydrogens (primary N) is 1. The Morgan fingerprint density at radius 3 is 2.67 bits per heavy atom. The standard InChI is InChI=1S/C10H19NO4/c1-14-9(13)6-10(7-11,8-2-3-8)15-5-4-12/h8,12H,2-7,11H2,1H3. The Bertz CT molecular complexity index is 217. The van der Waals surface area contributed by atoms with Gasteiger partial charge < -0.3 is 20.3 Å². The monoisotopic (exact) mass is 217 g/mol. The molecule has 1 atom stereocenters. The summed E-state index contributed by atoms with van der Waals surface area (Å²) in [5.41, 5.74) is 5.05. The quantitative estimate of drug-likeness (QED) is 0.570. The lowest BCUT2D eigenvalue weighted by molar-refractivity contribution is -0.151. The van der Waals surface area contributed by atoms with E-state index in [9.17, 15) is 4.79 Å². The predicted octanol–water partition coefficient (Wildman–Crippen LogP) is -0.334. The Balaban J connectivity index is 2.60. The molecule has 5 heteroatoms. The largest absolute Gasteiger partial charge is 0.469 e. The lowest BCUT2D eigenvalue weighted by Gasteiger charge is -2.31. The molecule has 0 aliphatic heterocycles. The summed E-state index contributed by atoms with van der Waals surface area (Å²) >= 11 is 0. The molecule has 1 rings (SSSR count). The normalized spacial score (nSPS) is 19.7. The first kappa shape index (κ1) is 12.4. The van der Waals surface area contributed by atoms with Gasteiger partial charge in [-0.05, 0) is 18.8 Å². The van der Waals surface area contributed by atoms with Gasteiger partial charge in [-0.25, -0.2) is 0 Å². The van der Waals surface area contributed by atoms with Gasteiger partial charge in [-0.2, -0.15) is 0 Å². The van der Waals surface area contributed by atoms with Crippen LogP contribution in [0, 0.1) is 5.92 Å². The van der Waals surface area contributed by atoms with E-state index in [0.717, 1.165) is 12.8 Å². The van der Waals surface area contributed by atoms with Crippen molar-refractivity contribution < 1.29 is 19.4 Å². The fourth-order valence-electron chi connectivity index (χ4n) is 1.79. The van der Waals surface area contributed by atoms with Crippen LogP contribution in [0.25, 0.3) is 0 Å². The Hall–Kier alpha value is -0.650. The lowest BCUT2D eigenvalue weighted by Crippen LogP contribution is -2.45. The van der Waals surface area contributed by atoms with E-state index in [4.69, 9.17) is 15.6 Å². The molecular weight excluding hydrogens is 198 g/mol. The van der Waals surface area contributed by atoms with Crippen molar-refractivity contribution in [2.75, 3.05) is 26.9 Å². The van der Waals surface area contributed by atoms with Gasteiger partial charge >= 0.3 is 5.97 Å². The van der Waals surface area contributed by atoms with Crippen LogP contribution in [0.3, 0.4) is 0 Å². The van der Waals surface area contributed by atoms with Crippen LogP contribution in [-0.2, 0) is 14.3 Å². The first-order chi connectivity index (χ1) is 7.18. The van der Waals surface area contributed by atoms with E-state index in [1.807, 2.05) is 0 Å². The molecule has 0 amide bonds. The summed E-state index contributed by atoms with van der Waals surface area (Å²) in [6.07, 6.45) is 2.23. The van der Waals surface area contributed by atoms with Crippen LogP contribution in [0.5, 0.6) is 0 Å². The van der Waals surface area contributed by atoms with Crippen LogP contribution in [0.4, 0.5) is 0 Å². The maximum Gasteiger partial charge on any atom is 0.308 e. The van der Waals surface area contributed by atoms with E-state index in [-0.39, 0.29) is 32.1 Å². The van der Waals surface area contributed by atoms with Crippen molar-refractivity contribution in [1.82, 2.24) is 0 Å². The number of rotatable bonds is 7. The Labute approximate surface area is 89.5 Å². The number of carbonyl (C=O) groups excluding carboxylic acids is 1. The molecule has 0 bridgehead atoms. The van der Waals surface area contributed by atoms with Gasteiger partial charge in [-0.15, -0.1) is 0 Å². The molecule has 0 heterocycles. The SMILES string of the molecule is COC(=O)CC(CN)(OCCO)C1CC1. The molecule has 5 nitrogen and oxygen atoms in total. The molecule has 0 radical (unpaired) electrons. The smallest absolute Gasteiger partial charge is 0.308 e. The second-order valence-electron chi connectivity index (χ2n) is 3.87. The molecule has 1 aliphatic carbocycles. The molecule has 0 aromatic heterocycles. The highest BCUT2D eigenvalue weighted by Gasteiger charge is 2.46. The zero-order valence-electron chi connectivity index (χ0n) is 9.07. The summed E-state index contributed by atoms with van der Waals surface area (Å²) in [6.45, 7) is 0.438. The Kier molecular flexibility index (Phi) is 4.50. The molecule has 1 fully saturated rings. The van der Waals surface area contributed by atoms with Crippen LogP contribution in [0.15, 0.2) is 0 Å². The topological polar surface area (TPSA) is 81.8 Å². The summed E-state index contributed by atoms with van der Waals surface area (Å²) in [5, 5.41) is 8.74. The number of hydrogen-bond acceptors (Lipinski definition) is 5. The van der Waals surface area contributed by atoms with Crippen molar-refractivity contribution >= 4 is 5.97 Å². The zero-order chi connectivity index (χ0) is 11.3. The summed E-state index contributed by atoms with van der Waals surface area (Å²) in [5.74, 6) is 0.0124. The number of esters is 1. The van der Waals surface area contributed by atoms with Gasteiger partial charge in [0, 0.05) is 6.54 Å². The third kappa shape index (κ3) is 3.15. The first-order valence-corrected chi connectivity index (χ1v) is 5.20. The Morgan fingerprint density at radius 2 is 2.27 bits per heavy atom. The van der Waals surface area contributed by atoms with Gasteiger partial charge in [0.25, 0.3) is 0 Å². The molecular formula is C10H19NO4. The van der Waals surface area contributed by atoms with Crippen LogP contribution >= 0.6 is 0 Å². The molecule has 15 heavy (non-hydrogen) atoms. The van der Waals surface area contributed by atoms with Crippen molar-refractivity contribution in [3.8, 4) is 0 Å². The van der Waals surface area contributed by atoms with Gasteiger partial charge in [0.05, 0.1) is 32.3 Å². The van der Waals surface area contributed by atoms with Crippen molar-refractivity contribution in [1.29, 1.82) is 0 Å². The fraction of sp³-hybridized carbons (Fsp3) is 0.900.